The van der Waals surface area contributed by atoms with Crippen LogP contribution in [0.4, 0.5) is 11.4 Å². The van der Waals surface area contributed by atoms with Gasteiger partial charge in [-0.2, -0.15) is 0 Å². The van der Waals surface area contributed by atoms with Gasteiger partial charge < -0.3 is 5.32 Å². The molecule has 0 unspecified atom stereocenters. The second-order valence-electron chi connectivity index (χ2n) is 5.59. The van der Waals surface area contributed by atoms with Gasteiger partial charge in [-0.25, -0.2) is 0 Å². The minimum absolute atomic E-state index is 1.07. The summed E-state index contributed by atoms with van der Waals surface area (Å²) in [5.41, 5.74) is 6.94. The van der Waals surface area contributed by atoms with Gasteiger partial charge in [0.05, 0.1) is 0 Å². The molecule has 0 aromatic heterocycles. The Hall–Kier alpha value is -3.06. The molecule has 0 atom stereocenters. The summed E-state index contributed by atoms with van der Waals surface area (Å²) in [5.74, 6) is 0. The summed E-state index contributed by atoms with van der Waals surface area (Å²) in [6.07, 6.45) is 3.95. The van der Waals surface area contributed by atoms with Crippen LogP contribution in [0.5, 0.6) is 0 Å². The normalized spacial score (nSPS) is 11.1. The van der Waals surface area contributed by atoms with Crippen molar-refractivity contribution in [3.05, 3.63) is 103 Å². The van der Waals surface area contributed by atoms with Gasteiger partial charge in [0.1, 0.15) is 0 Å². The average Bonchev–Trinajstić information content (AvgIpc) is 2.65. The van der Waals surface area contributed by atoms with E-state index in [1.54, 1.807) is 0 Å². The Morgan fingerprint density at radius 3 is 1.83 bits per heavy atom. The van der Waals surface area contributed by atoms with E-state index in [9.17, 15) is 0 Å². The van der Waals surface area contributed by atoms with E-state index in [-0.39, 0.29) is 0 Å². The van der Waals surface area contributed by atoms with Crippen LogP contribution < -0.4 is 5.32 Å². The number of allylic oxidation sites excluding steroid dienone is 3. The summed E-state index contributed by atoms with van der Waals surface area (Å²) < 4.78 is 0. The third-order valence-corrected chi connectivity index (χ3v) is 4.03. The smallest absolute Gasteiger partial charge is 0.0384 e. The molecule has 0 amide bonds. The van der Waals surface area contributed by atoms with Crippen LogP contribution in [0.2, 0.25) is 0 Å². The van der Waals surface area contributed by atoms with Crippen molar-refractivity contribution in [2.24, 2.45) is 0 Å². The highest BCUT2D eigenvalue weighted by molar-refractivity contribution is 5.75. The van der Waals surface area contributed by atoms with Crippen molar-refractivity contribution >= 4 is 16.9 Å². The topological polar surface area (TPSA) is 12.0 Å². The molecular weight excluding hydrogens is 290 g/mol. The van der Waals surface area contributed by atoms with Gasteiger partial charge >= 0.3 is 0 Å². The van der Waals surface area contributed by atoms with Gasteiger partial charge in [0.15, 0.2) is 0 Å². The summed E-state index contributed by atoms with van der Waals surface area (Å²) in [7, 11) is 0. The Kier molecular flexibility index (Phi) is 4.93. The first-order valence-corrected chi connectivity index (χ1v) is 8.12. The standard InChI is InChI=1S/C23H21N/c1-3-18(4-2)20-10-14-22(15-11-20)24-23-16-12-21(13-17-23)19-8-6-5-7-9-19/h3-17,24H,1H2,2H3/b18-4+. The Labute approximate surface area is 144 Å². The van der Waals surface area contributed by atoms with Crippen molar-refractivity contribution in [2.45, 2.75) is 6.92 Å². The fourth-order valence-electron chi connectivity index (χ4n) is 2.69. The molecule has 0 saturated carbocycles. The van der Waals surface area contributed by atoms with Crippen LogP contribution in [-0.2, 0) is 0 Å². The Morgan fingerprint density at radius 2 is 1.29 bits per heavy atom. The van der Waals surface area contributed by atoms with Gasteiger partial charge in [-0.1, -0.05) is 73.3 Å². The third kappa shape index (κ3) is 3.64. The van der Waals surface area contributed by atoms with E-state index in [4.69, 9.17) is 0 Å². The summed E-state index contributed by atoms with van der Waals surface area (Å²) in [5, 5.41) is 3.44. The summed E-state index contributed by atoms with van der Waals surface area (Å²) >= 11 is 0. The van der Waals surface area contributed by atoms with Gasteiger partial charge in [0.2, 0.25) is 0 Å². The van der Waals surface area contributed by atoms with Crippen LogP contribution in [0, 0.1) is 0 Å². The molecule has 3 rings (SSSR count). The zero-order chi connectivity index (χ0) is 16.8. The monoisotopic (exact) mass is 311 g/mol. The van der Waals surface area contributed by atoms with Crippen molar-refractivity contribution < 1.29 is 0 Å². The number of benzene rings is 3. The lowest BCUT2D eigenvalue weighted by Crippen LogP contribution is -1.90. The van der Waals surface area contributed by atoms with Crippen LogP contribution in [-0.4, -0.2) is 0 Å². The first-order chi connectivity index (χ1) is 11.8. The Morgan fingerprint density at radius 1 is 0.750 bits per heavy atom. The summed E-state index contributed by atoms with van der Waals surface area (Å²) in [6, 6.07) is 27.3. The molecule has 0 saturated heterocycles. The second kappa shape index (κ2) is 7.47. The molecule has 1 heteroatoms. The lowest BCUT2D eigenvalue weighted by atomic mass is 10.0. The zero-order valence-electron chi connectivity index (χ0n) is 13.9. The maximum absolute atomic E-state index is 3.85. The van der Waals surface area contributed by atoms with E-state index in [0.717, 1.165) is 16.9 Å². The van der Waals surface area contributed by atoms with E-state index in [2.05, 4.69) is 90.8 Å². The highest BCUT2D eigenvalue weighted by Crippen LogP contribution is 2.24. The lowest BCUT2D eigenvalue weighted by Gasteiger charge is -2.09. The molecule has 3 aromatic carbocycles. The number of hydrogen-bond donors (Lipinski definition) is 1. The van der Waals surface area contributed by atoms with Gasteiger partial charge in [-0.15, -0.1) is 0 Å². The van der Waals surface area contributed by atoms with Crippen LogP contribution in [0.15, 0.2) is 97.6 Å². The Bertz CT molecular complexity index is 825. The summed E-state index contributed by atoms with van der Waals surface area (Å²) in [4.78, 5) is 0. The van der Waals surface area contributed by atoms with Crippen molar-refractivity contribution in [1.82, 2.24) is 0 Å². The Balaban J connectivity index is 1.73. The van der Waals surface area contributed by atoms with E-state index >= 15 is 0 Å². The molecule has 0 aliphatic heterocycles. The van der Waals surface area contributed by atoms with Gasteiger partial charge in [-0.05, 0) is 53.5 Å². The highest BCUT2D eigenvalue weighted by atomic mass is 14.9. The number of anilines is 2. The van der Waals surface area contributed by atoms with Gasteiger partial charge in [0.25, 0.3) is 0 Å². The van der Waals surface area contributed by atoms with E-state index in [0.29, 0.717) is 0 Å². The molecule has 0 aliphatic rings. The van der Waals surface area contributed by atoms with Crippen molar-refractivity contribution in [3.63, 3.8) is 0 Å². The van der Waals surface area contributed by atoms with E-state index in [1.807, 2.05) is 19.1 Å². The number of rotatable bonds is 5. The van der Waals surface area contributed by atoms with Crippen molar-refractivity contribution in [1.29, 1.82) is 0 Å². The molecule has 0 heterocycles. The molecule has 24 heavy (non-hydrogen) atoms. The molecule has 0 bridgehead atoms. The molecule has 1 nitrogen and oxygen atoms in total. The number of nitrogens with one attached hydrogen (secondary N) is 1. The van der Waals surface area contributed by atoms with Crippen LogP contribution in [0.25, 0.3) is 16.7 Å². The van der Waals surface area contributed by atoms with Crippen LogP contribution in [0.1, 0.15) is 12.5 Å². The largest absolute Gasteiger partial charge is 0.356 e. The summed E-state index contributed by atoms with van der Waals surface area (Å²) in [6.45, 7) is 5.87. The predicted molar refractivity (Wildman–Crippen MR) is 105 cm³/mol. The quantitative estimate of drug-likeness (QED) is 0.518. The maximum Gasteiger partial charge on any atom is 0.0384 e. The first kappa shape index (κ1) is 15.8. The zero-order valence-corrected chi connectivity index (χ0v) is 13.9. The molecule has 0 aliphatic carbocycles. The fraction of sp³-hybridized carbons (Fsp3) is 0.0435. The van der Waals surface area contributed by atoms with E-state index in [1.165, 1.54) is 16.7 Å². The molecule has 1 N–H and O–H groups in total. The van der Waals surface area contributed by atoms with Crippen molar-refractivity contribution in [3.8, 4) is 11.1 Å². The maximum atomic E-state index is 3.85. The molecule has 0 radical (unpaired) electrons. The second-order valence-corrected chi connectivity index (χ2v) is 5.59. The predicted octanol–water partition coefficient (Wildman–Crippen LogP) is 6.69. The third-order valence-electron chi connectivity index (χ3n) is 4.03. The fourth-order valence-corrected chi connectivity index (χ4v) is 2.69. The molecule has 0 fully saturated rings. The molecule has 3 aromatic rings. The van der Waals surface area contributed by atoms with Crippen LogP contribution >= 0.6 is 0 Å². The average molecular weight is 311 g/mol. The lowest BCUT2D eigenvalue weighted by molar-refractivity contribution is 1.52. The highest BCUT2D eigenvalue weighted by Gasteiger charge is 2.00. The minimum Gasteiger partial charge on any atom is -0.356 e. The number of hydrogen-bond acceptors (Lipinski definition) is 1. The minimum atomic E-state index is 1.07. The van der Waals surface area contributed by atoms with Crippen LogP contribution in [0.3, 0.4) is 0 Å². The van der Waals surface area contributed by atoms with Gasteiger partial charge in [0, 0.05) is 11.4 Å². The molecular formula is C23H21N. The molecule has 118 valence electrons. The SMILES string of the molecule is C=C/C(=C\C)c1ccc(Nc2ccc(-c3ccccc3)cc2)cc1. The first-order valence-electron chi connectivity index (χ1n) is 8.12. The molecule has 0 spiro atoms. The van der Waals surface area contributed by atoms with E-state index < -0.39 is 0 Å². The van der Waals surface area contributed by atoms with Crippen molar-refractivity contribution in [2.75, 3.05) is 5.32 Å². The van der Waals surface area contributed by atoms with Gasteiger partial charge in [-0.3, -0.25) is 0 Å².